The van der Waals surface area contributed by atoms with Crippen LogP contribution in [0.1, 0.15) is 18.6 Å². The number of hydrogen-bond donors (Lipinski definition) is 1. The maximum absolute atomic E-state index is 12.3. The van der Waals surface area contributed by atoms with E-state index >= 15 is 0 Å². The lowest BCUT2D eigenvalue weighted by molar-refractivity contribution is -0.150. The monoisotopic (exact) mass is 375 g/mol. The Kier molecular flexibility index (Phi) is 3.94. The average molecular weight is 375 g/mol. The second-order valence-electron chi connectivity index (χ2n) is 7.47. The van der Waals surface area contributed by atoms with Gasteiger partial charge in [-0.25, -0.2) is 9.78 Å². The molecule has 4 aromatic rings. The van der Waals surface area contributed by atoms with E-state index in [4.69, 9.17) is 4.42 Å². The molecule has 28 heavy (non-hydrogen) atoms. The van der Waals surface area contributed by atoms with E-state index in [0.717, 1.165) is 27.8 Å². The number of imidazole rings is 1. The van der Waals surface area contributed by atoms with E-state index in [2.05, 4.69) is 16.0 Å². The van der Waals surface area contributed by atoms with Gasteiger partial charge in [0.05, 0.1) is 23.9 Å². The van der Waals surface area contributed by atoms with Crippen molar-refractivity contribution >= 4 is 28.0 Å². The molecule has 1 fully saturated rings. The van der Waals surface area contributed by atoms with E-state index in [9.17, 15) is 9.90 Å². The van der Waals surface area contributed by atoms with Crippen LogP contribution in [-0.4, -0.2) is 38.6 Å². The number of rotatable bonds is 4. The Hall–Kier alpha value is -3.12. The number of nitrogens with zero attached hydrogens (tertiary/aromatic N) is 3. The number of aromatic nitrogens is 2. The number of para-hydroxylation sites is 3. The van der Waals surface area contributed by atoms with Crippen molar-refractivity contribution in [1.82, 2.24) is 14.5 Å². The van der Waals surface area contributed by atoms with Gasteiger partial charge in [-0.05, 0) is 37.1 Å². The van der Waals surface area contributed by atoms with Gasteiger partial charge < -0.3 is 14.1 Å². The Balaban J connectivity index is 1.38. The van der Waals surface area contributed by atoms with Crippen LogP contribution < -0.4 is 0 Å². The Labute approximate surface area is 162 Å². The summed E-state index contributed by atoms with van der Waals surface area (Å²) < 4.78 is 7.78. The number of aliphatic carboxylic acids is 1. The zero-order valence-corrected chi connectivity index (χ0v) is 15.4. The molecule has 1 aliphatic heterocycles. The van der Waals surface area contributed by atoms with Gasteiger partial charge in [-0.2, -0.15) is 0 Å². The lowest BCUT2D eigenvalue weighted by Gasteiger charge is -2.39. The summed E-state index contributed by atoms with van der Waals surface area (Å²) in [5.41, 5.74) is 1.63. The van der Waals surface area contributed by atoms with Gasteiger partial charge >= 0.3 is 5.97 Å². The molecule has 1 saturated heterocycles. The summed E-state index contributed by atoms with van der Waals surface area (Å²) in [6, 6.07) is 17.7. The summed E-state index contributed by atoms with van der Waals surface area (Å²) in [6.07, 6.45) is 2.74. The van der Waals surface area contributed by atoms with Crippen molar-refractivity contribution in [3.05, 3.63) is 66.7 Å². The van der Waals surface area contributed by atoms with Gasteiger partial charge in [-0.3, -0.25) is 4.90 Å². The summed E-state index contributed by atoms with van der Waals surface area (Å²) in [4.78, 5) is 19.0. The molecule has 0 bridgehead atoms. The van der Waals surface area contributed by atoms with Crippen LogP contribution >= 0.6 is 0 Å². The molecule has 0 amide bonds. The van der Waals surface area contributed by atoms with E-state index < -0.39 is 11.5 Å². The van der Waals surface area contributed by atoms with E-state index in [-0.39, 0.29) is 0 Å². The summed E-state index contributed by atoms with van der Waals surface area (Å²) in [6.45, 7) is 2.07. The number of benzene rings is 2. The number of fused-ring (bicyclic) bond motifs is 2. The van der Waals surface area contributed by atoms with Crippen LogP contribution in [0.15, 0.2) is 65.3 Å². The number of likely N-dealkylation sites (tertiary alicyclic amines) is 1. The molecule has 6 nitrogen and oxygen atoms in total. The van der Waals surface area contributed by atoms with Gasteiger partial charge in [0.25, 0.3) is 0 Å². The fourth-order valence-corrected chi connectivity index (χ4v) is 4.27. The molecule has 142 valence electrons. The first-order chi connectivity index (χ1) is 13.7. The molecule has 0 atom stereocenters. The molecule has 2 aromatic heterocycles. The van der Waals surface area contributed by atoms with E-state index in [1.54, 1.807) is 6.33 Å². The number of furan rings is 1. The molecule has 0 spiro atoms. The molecule has 0 unspecified atom stereocenters. The summed E-state index contributed by atoms with van der Waals surface area (Å²) in [5.74, 6) is 0.121. The van der Waals surface area contributed by atoms with E-state index in [0.29, 0.717) is 32.5 Å². The third-order valence-electron chi connectivity index (χ3n) is 5.85. The van der Waals surface area contributed by atoms with Crippen LogP contribution in [0.3, 0.4) is 0 Å². The molecule has 0 saturated carbocycles. The molecular formula is C22H21N3O3. The summed E-state index contributed by atoms with van der Waals surface area (Å²) in [5, 5.41) is 11.2. The fraction of sp³-hybridized carbons (Fsp3) is 0.273. The Morgan fingerprint density at radius 3 is 2.64 bits per heavy atom. The highest BCUT2D eigenvalue weighted by Gasteiger charge is 2.44. The number of carboxylic acids is 1. The largest absolute Gasteiger partial charge is 0.479 e. The van der Waals surface area contributed by atoms with Crippen molar-refractivity contribution in [2.24, 2.45) is 0 Å². The quantitative estimate of drug-likeness (QED) is 0.586. The zero-order valence-electron chi connectivity index (χ0n) is 15.4. The van der Waals surface area contributed by atoms with Gasteiger partial charge in [-0.15, -0.1) is 0 Å². The maximum atomic E-state index is 12.3. The molecule has 0 aliphatic carbocycles. The predicted octanol–water partition coefficient (Wildman–Crippen LogP) is 3.86. The van der Waals surface area contributed by atoms with Gasteiger partial charge in [-0.1, -0.05) is 30.3 Å². The molecule has 1 N–H and O–H groups in total. The number of hydrogen-bond acceptors (Lipinski definition) is 4. The van der Waals surface area contributed by atoms with Crippen molar-refractivity contribution < 1.29 is 14.3 Å². The molecule has 5 rings (SSSR count). The minimum Gasteiger partial charge on any atom is -0.479 e. The number of carbonyl (C=O) groups is 1. The van der Waals surface area contributed by atoms with Gasteiger partial charge in [0.15, 0.2) is 0 Å². The predicted molar refractivity (Wildman–Crippen MR) is 106 cm³/mol. The minimum absolute atomic E-state index is 0.531. The second kappa shape index (κ2) is 6.49. The highest BCUT2D eigenvalue weighted by molar-refractivity contribution is 5.82. The van der Waals surface area contributed by atoms with Gasteiger partial charge in [0, 0.05) is 18.5 Å². The Bertz CT molecular complexity index is 1120. The first-order valence-corrected chi connectivity index (χ1v) is 9.51. The van der Waals surface area contributed by atoms with Crippen LogP contribution in [0.25, 0.3) is 22.0 Å². The molecular weight excluding hydrogens is 354 g/mol. The molecule has 2 aromatic carbocycles. The Morgan fingerprint density at radius 1 is 1.11 bits per heavy atom. The lowest BCUT2D eigenvalue weighted by Crippen LogP contribution is -2.50. The highest BCUT2D eigenvalue weighted by atomic mass is 16.4. The van der Waals surface area contributed by atoms with Crippen LogP contribution in [0.2, 0.25) is 0 Å². The van der Waals surface area contributed by atoms with Crippen LogP contribution in [0.5, 0.6) is 0 Å². The highest BCUT2D eigenvalue weighted by Crippen LogP contribution is 2.34. The van der Waals surface area contributed by atoms with Crippen LogP contribution in [0.4, 0.5) is 0 Å². The Morgan fingerprint density at radius 2 is 1.86 bits per heavy atom. The van der Waals surface area contributed by atoms with Crippen molar-refractivity contribution in [1.29, 1.82) is 0 Å². The van der Waals surface area contributed by atoms with Crippen molar-refractivity contribution in [3.63, 3.8) is 0 Å². The van der Waals surface area contributed by atoms with E-state index in [1.165, 1.54) is 0 Å². The second-order valence-corrected chi connectivity index (χ2v) is 7.47. The summed E-state index contributed by atoms with van der Waals surface area (Å²) >= 11 is 0. The fourth-order valence-electron chi connectivity index (χ4n) is 4.27. The number of piperidine rings is 1. The molecule has 6 heteroatoms. The molecule has 3 heterocycles. The van der Waals surface area contributed by atoms with Crippen LogP contribution in [-0.2, 0) is 16.9 Å². The van der Waals surface area contributed by atoms with E-state index in [1.807, 2.05) is 53.1 Å². The third kappa shape index (κ3) is 2.68. The zero-order chi connectivity index (χ0) is 19.1. The van der Waals surface area contributed by atoms with Gasteiger partial charge in [0.1, 0.15) is 16.9 Å². The molecule has 0 radical (unpaired) electrons. The first kappa shape index (κ1) is 17.0. The first-order valence-electron chi connectivity index (χ1n) is 9.51. The van der Waals surface area contributed by atoms with Crippen molar-refractivity contribution in [2.45, 2.75) is 24.9 Å². The van der Waals surface area contributed by atoms with Crippen LogP contribution in [0, 0.1) is 0 Å². The summed E-state index contributed by atoms with van der Waals surface area (Å²) in [7, 11) is 0. The number of carboxylic acid groups (broad SMARTS) is 1. The minimum atomic E-state index is -0.958. The maximum Gasteiger partial charge on any atom is 0.330 e. The molecule has 1 aliphatic rings. The smallest absolute Gasteiger partial charge is 0.330 e. The van der Waals surface area contributed by atoms with Crippen molar-refractivity contribution in [2.75, 3.05) is 13.1 Å². The van der Waals surface area contributed by atoms with Gasteiger partial charge in [0.2, 0.25) is 0 Å². The SMILES string of the molecule is O=C(O)C1(n2cnc3ccccc32)CCN(Cc2cc3ccccc3o2)CC1. The topological polar surface area (TPSA) is 71.5 Å². The third-order valence-corrected chi connectivity index (χ3v) is 5.85. The normalized spacial score (nSPS) is 17.3. The van der Waals surface area contributed by atoms with Crippen molar-refractivity contribution in [3.8, 4) is 0 Å². The lowest BCUT2D eigenvalue weighted by atomic mass is 9.87. The average Bonchev–Trinajstić information content (AvgIpc) is 3.32. The standard InChI is InChI=1S/C22H21N3O3/c26-21(27)22(25-15-23-18-6-2-3-7-19(18)25)9-11-24(12-10-22)14-17-13-16-5-1-4-8-20(16)28-17/h1-8,13,15H,9-12,14H2,(H,26,27).